The maximum atomic E-state index is 5.28. The van der Waals surface area contributed by atoms with Gasteiger partial charge in [0.05, 0.1) is 19.3 Å². The molecule has 102 valence electrons. The third-order valence-electron chi connectivity index (χ3n) is 3.35. The summed E-state index contributed by atoms with van der Waals surface area (Å²) < 4.78 is 5.28. The Labute approximate surface area is 117 Å². The second-order valence-corrected chi connectivity index (χ2v) is 4.64. The number of rotatable bonds is 4. The largest absolute Gasteiger partial charge is 0.497 e. The summed E-state index contributed by atoms with van der Waals surface area (Å²) in [5.41, 5.74) is 1.09. The van der Waals surface area contributed by atoms with Crippen molar-refractivity contribution >= 4 is 16.6 Å². The number of fused-ring (bicyclic) bond motifs is 1. The van der Waals surface area contributed by atoms with E-state index < -0.39 is 0 Å². The lowest BCUT2D eigenvalue weighted by atomic mass is 10.1. The van der Waals surface area contributed by atoms with Gasteiger partial charge in [0, 0.05) is 23.3 Å². The predicted octanol–water partition coefficient (Wildman–Crippen LogP) is 3.14. The van der Waals surface area contributed by atoms with Gasteiger partial charge >= 0.3 is 0 Å². The van der Waals surface area contributed by atoms with Crippen molar-refractivity contribution < 1.29 is 4.74 Å². The number of hydrogen-bond acceptors (Lipinski definition) is 4. The minimum atomic E-state index is 0.123. The highest BCUT2D eigenvalue weighted by atomic mass is 16.5. The van der Waals surface area contributed by atoms with E-state index in [-0.39, 0.29) is 6.04 Å². The number of pyridine rings is 1. The predicted molar refractivity (Wildman–Crippen MR) is 78.9 cm³/mol. The van der Waals surface area contributed by atoms with Gasteiger partial charge in [-0.1, -0.05) is 6.07 Å². The van der Waals surface area contributed by atoms with Crippen LogP contribution in [0.4, 0.5) is 5.82 Å². The van der Waals surface area contributed by atoms with Crippen molar-refractivity contribution in [2.24, 2.45) is 0 Å². The number of H-pyrrole nitrogens is 1. The molecular formula is C15H16N4O. The van der Waals surface area contributed by atoms with Crippen molar-refractivity contribution in [1.29, 1.82) is 0 Å². The molecule has 1 unspecified atom stereocenters. The summed E-state index contributed by atoms with van der Waals surface area (Å²) >= 11 is 0. The summed E-state index contributed by atoms with van der Waals surface area (Å²) in [6.07, 6.45) is 5.49. The Kier molecular flexibility index (Phi) is 3.25. The van der Waals surface area contributed by atoms with E-state index in [1.54, 1.807) is 13.3 Å². The highest BCUT2D eigenvalue weighted by Gasteiger charge is 2.10. The number of anilines is 1. The lowest BCUT2D eigenvalue weighted by Gasteiger charge is -2.15. The molecule has 2 heterocycles. The van der Waals surface area contributed by atoms with Crippen LogP contribution >= 0.6 is 0 Å². The average molecular weight is 268 g/mol. The van der Waals surface area contributed by atoms with Crippen LogP contribution in [0.3, 0.4) is 0 Å². The fourth-order valence-corrected chi connectivity index (χ4v) is 2.18. The Morgan fingerprint density at radius 1 is 1.30 bits per heavy atom. The van der Waals surface area contributed by atoms with Crippen LogP contribution < -0.4 is 10.1 Å². The van der Waals surface area contributed by atoms with Crippen LogP contribution in [0.1, 0.15) is 18.5 Å². The average Bonchev–Trinajstić information content (AvgIpc) is 3.01. The number of nitrogens with zero attached hydrogens (tertiary/aromatic N) is 2. The summed E-state index contributed by atoms with van der Waals surface area (Å²) in [5, 5.41) is 12.4. The highest BCUT2D eigenvalue weighted by molar-refractivity contribution is 5.92. The number of nitrogens with one attached hydrogen (secondary N) is 2. The minimum Gasteiger partial charge on any atom is -0.497 e. The van der Waals surface area contributed by atoms with Crippen LogP contribution in [-0.4, -0.2) is 22.3 Å². The van der Waals surface area contributed by atoms with Gasteiger partial charge in [0.1, 0.15) is 11.6 Å². The molecule has 0 aliphatic heterocycles. The Bertz CT molecular complexity index is 709. The second-order valence-electron chi connectivity index (χ2n) is 4.64. The first kappa shape index (κ1) is 12.5. The van der Waals surface area contributed by atoms with E-state index in [4.69, 9.17) is 4.74 Å². The zero-order chi connectivity index (χ0) is 13.9. The fourth-order valence-electron chi connectivity index (χ4n) is 2.18. The molecule has 0 amide bonds. The van der Waals surface area contributed by atoms with Gasteiger partial charge in [-0.2, -0.15) is 5.10 Å². The van der Waals surface area contributed by atoms with Gasteiger partial charge in [0.15, 0.2) is 0 Å². The van der Waals surface area contributed by atoms with Gasteiger partial charge in [-0.15, -0.1) is 0 Å². The molecule has 2 N–H and O–H groups in total. The van der Waals surface area contributed by atoms with Gasteiger partial charge in [0.2, 0.25) is 0 Å². The molecule has 1 aromatic carbocycles. The van der Waals surface area contributed by atoms with E-state index in [0.29, 0.717) is 0 Å². The van der Waals surface area contributed by atoms with Crippen molar-refractivity contribution in [1.82, 2.24) is 15.2 Å². The van der Waals surface area contributed by atoms with E-state index >= 15 is 0 Å². The number of benzene rings is 1. The minimum absolute atomic E-state index is 0.123. The van der Waals surface area contributed by atoms with E-state index in [2.05, 4.69) is 27.4 Å². The summed E-state index contributed by atoms with van der Waals surface area (Å²) in [7, 11) is 1.67. The topological polar surface area (TPSA) is 62.8 Å². The molecule has 0 spiro atoms. The van der Waals surface area contributed by atoms with Crippen molar-refractivity contribution in [3.63, 3.8) is 0 Å². The molecule has 0 aliphatic rings. The molecule has 20 heavy (non-hydrogen) atoms. The molecule has 0 bridgehead atoms. The number of ether oxygens (including phenoxy) is 1. The fraction of sp³-hybridized carbons (Fsp3) is 0.200. The van der Waals surface area contributed by atoms with Gasteiger partial charge in [-0.25, -0.2) is 4.98 Å². The second kappa shape index (κ2) is 5.21. The zero-order valence-corrected chi connectivity index (χ0v) is 11.4. The number of aromatic nitrogens is 3. The Morgan fingerprint density at radius 2 is 2.20 bits per heavy atom. The number of aromatic amines is 1. The van der Waals surface area contributed by atoms with Crippen LogP contribution in [0, 0.1) is 0 Å². The van der Waals surface area contributed by atoms with Crippen molar-refractivity contribution in [2.45, 2.75) is 13.0 Å². The maximum absolute atomic E-state index is 5.28. The van der Waals surface area contributed by atoms with Crippen molar-refractivity contribution in [3.8, 4) is 5.75 Å². The zero-order valence-electron chi connectivity index (χ0n) is 11.4. The summed E-state index contributed by atoms with van der Waals surface area (Å²) in [6, 6.07) is 8.09. The van der Waals surface area contributed by atoms with E-state index in [9.17, 15) is 0 Å². The molecule has 3 rings (SSSR count). The molecule has 5 nitrogen and oxygen atoms in total. The standard InChI is InChI=1S/C15H16N4O/c1-10(12-8-17-18-9-12)19-15-14-7-13(20-2)4-3-11(14)5-6-16-15/h3-10H,1-2H3,(H,16,19)(H,17,18). The van der Waals surface area contributed by atoms with Gasteiger partial charge in [0.25, 0.3) is 0 Å². The first-order valence-corrected chi connectivity index (χ1v) is 6.46. The van der Waals surface area contributed by atoms with Crippen molar-refractivity contribution in [3.05, 3.63) is 48.4 Å². The first-order chi connectivity index (χ1) is 9.78. The molecule has 0 saturated heterocycles. The third-order valence-corrected chi connectivity index (χ3v) is 3.35. The molecular weight excluding hydrogens is 252 g/mol. The molecule has 1 atom stereocenters. The van der Waals surface area contributed by atoms with E-state index in [1.165, 1.54) is 0 Å². The molecule has 5 heteroatoms. The third kappa shape index (κ3) is 2.30. The first-order valence-electron chi connectivity index (χ1n) is 6.46. The van der Waals surface area contributed by atoms with Gasteiger partial charge in [-0.05, 0) is 30.5 Å². The van der Waals surface area contributed by atoms with Crippen LogP contribution in [-0.2, 0) is 0 Å². The van der Waals surface area contributed by atoms with E-state index in [1.807, 2.05) is 36.7 Å². The lowest BCUT2D eigenvalue weighted by Crippen LogP contribution is -2.07. The molecule has 2 aromatic heterocycles. The Morgan fingerprint density at radius 3 is 2.95 bits per heavy atom. The molecule has 0 aliphatic carbocycles. The van der Waals surface area contributed by atoms with Crippen LogP contribution in [0.25, 0.3) is 10.8 Å². The summed E-state index contributed by atoms with van der Waals surface area (Å²) in [5.74, 6) is 1.67. The van der Waals surface area contributed by atoms with Gasteiger partial charge in [-0.3, -0.25) is 5.10 Å². The monoisotopic (exact) mass is 268 g/mol. The lowest BCUT2D eigenvalue weighted by molar-refractivity contribution is 0.415. The normalized spacial score (nSPS) is 12.3. The smallest absolute Gasteiger partial charge is 0.134 e. The van der Waals surface area contributed by atoms with Crippen LogP contribution in [0.2, 0.25) is 0 Å². The molecule has 0 fully saturated rings. The maximum Gasteiger partial charge on any atom is 0.134 e. The van der Waals surface area contributed by atoms with Gasteiger partial charge < -0.3 is 10.1 Å². The SMILES string of the molecule is COc1ccc2ccnc(NC(C)c3cn[nH]c3)c2c1. The summed E-state index contributed by atoms with van der Waals surface area (Å²) in [6.45, 7) is 2.07. The Hall–Kier alpha value is -2.56. The number of methoxy groups -OCH3 is 1. The van der Waals surface area contributed by atoms with Crippen molar-refractivity contribution in [2.75, 3.05) is 12.4 Å². The summed E-state index contributed by atoms with van der Waals surface area (Å²) in [4.78, 5) is 4.43. The van der Waals surface area contributed by atoms with E-state index in [0.717, 1.165) is 27.9 Å². The molecule has 0 saturated carbocycles. The highest BCUT2D eigenvalue weighted by Crippen LogP contribution is 2.28. The van der Waals surface area contributed by atoms with Crippen LogP contribution in [0.5, 0.6) is 5.75 Å². The molecule has 3 aromatic rings. The Balaban J connectivity index is 1.98. The van der Waals surface area contributed by atoms with Crippen LogP contribution in [0.15, 0.2) is 42.9 Å². The molecule has 0 radical (unpaired) electrons. The quantitative estimate of drug-likeness (QED) is 0.763. The number of hydrogen-bond donors (Lipinski definition) is 2.